The van der Waals surface area contributed by atoms with Crippen LogP contribution in [0, 0.1) is 5.92 Å². The molecule has 0 aromatic heterocycles. The maximum atomic E-state index is 13.4. The van der Waals surface area contributed by atoms with Gasteiger partial charge in [-0.3, -0.25) is 19.4 Å². The van der Waals surface area contributed by atoms with Gasteiger partial charge in [0.15, 0.2) is 6.29 Å². The molecule has 7 atom stereocenters. The molecule has 7 rings (SSSR count). The average Bonchev–Trinajstić information content (AvgIpc) is 3.53. The lowest BCUT2D eigenvalue weighted by molar-refractivity contribution is -0.276. The minimum absolute atomic E-state index is 0.0446. The lowest BCUT2D eigenvalue weighted by atomic mass is 9.89. The number of likely N-dealkylation sites (tertiary alicyclic amines) is 1. The predicted molar refractivity (Wildman–Crippen MR) is 222 cm³/mol. The molecule has 0 aliphatic carbocycles. The number of aliphatic hydroxyl groups is 2. The Labute approximate surface area is 345 Å². The molecule has 59 heavy (non-hydrogen) atoms. The largest absolute Gasteiger partial charge is 0.445 e. The van der Waals surface area contributed by atoms with Crippen LogP contribution in [0.25, 0.3) is 11.1 Å². The van der Waals surface area contributed by atoms with E-state index in [0.29, 0.717) is 6.54 Å². The Morgan fingerprint density at radius 2 is 1.49 bits per heavy atom. The fourth-order valence-corrected chi connectivity index (χ4v) is 7.75. The van der Waals surface area contributed by atoms with Crippen LogP contribution < -0.4 is 5.32 Å². The van der Waals surface area contributed by atoms with Gasteiger partial charge in [-0.2, -0.15) is 0 Å². The molecule has 5 aromatic rings. The standard InChI is InChI=1S/C48H51N3O8/c1-31-42(28-50(3)32(2)44(54)36-14-8-5-9-15-36)58-47(59-45(31)37-20-18-33(29-52)19-21-37)38-24-22-35(23-25-38)40-17-11-10-16-39(40)27-51-43(53)26-41(46(51)55)49-48(56)57-30-34-12-6-4-7-13-34/h4-25,31-32,41-42,44-45,47,52,54H,26-30H2,1-3H3,(H,49,56)/t31-,32-,41?,42+,44-,45+,47+/m1/s1. The van der Waals surface area contributed by atoms with Crippen molar-refractivity contribution in [3.8, 4) is 11.1 Å². The van der Waals surface area contributed by atoms with E-state index in [1.807, 2.05) is 147 Å². The summed E-state index contributed by atoms with van der Waals surface area (Å²) in [6.07, 6.45) is -2.86. The Morgan fingerprint density at radius 3 is 2.19 bits per heavy atom. The first-order valence-electron chi connectivity index (χ1n) is 20.0. The van der Waals surface area contributed by atoms with Gasteiger partial charge in [0.1, 0.15) is 12.6 Å². The van der Waals surface area contributed by atoms with Gasteiger partial charge in [-0.25, -0.2) is 4.79 Å². The van der Waals surface area contributed by atoms with Crippen LogP contribution in [-0.4, -0.2) is 69.7 Å². The quantitative estimate of drug-likeness (QED) is 0.0993. The number of aliphatic hydroxyl groups excluding tert-OH is 2. The molecule has 2 aliphatic heterocycles. The van der Waals surface area contributed by atoms with Crippen molar-refractivity contribution in [3.63, 3.8) is 0 Å². The maximum absolute atomic E-state index is 13.4. The molecule has 5 aromatic carbocycles. The van der Waals surface area contributed by atoms with E-state index in [1.165, 1.54) is 4.90 Å². The van der Waals surface area contributed by atoms with E-state index in [2.05, 4.69) is 17.1 Å². The van der Waals surface area contributed by atoms with E-state index in [1.54, 1.807) is 0 Å². The van der Waals surface area contributed by atoms with Crippen molar-refractivity contribution in [1.82, 2.24) is 15.1 Å². The minimum Gasteiger partial charge on any atom is -0.445 e. The highest BCUT2D eigenvalue weighted by Crippen LogP contribution is 2.42. The molecule has 0 radical (unpaired) electrons. The molecule has 0 spiro atoms. The third-order valence-corrected chi connectivity index (χ3v) is 11.5. The molecule has 2 fully saturated rings. The van der Waals surface area contributed by atoms with E-state index in [9.17, 15) is 24.6 Å². The second kappa shape index (κ2) is 18.9. The molecule has 0 saturated carbocycles. The highest BCUT2D eigenvalue weighted by Gasteiger charge is 2.41. The Bertz CT molecular complexity index is 2180. The van der Waals surface area contributed by atoms with Gasteiger partial charge < -0.3 is 29.7 Å². The number of rotatable bonds is 14. The second-order valence-corrected chi connectivity index (χ2v) is 15.4. The molecule has 0 bridgehead atoms. The van der Waals surface area contributed by atoms with Crippen LogP contribution in [0.1, 0.15) is 72.1 Å². The van der Waals surface area contributed by atoms with Crippen LogP contribution in [0.2, 0.25) is 0 Å². The highest BCUT2D eigenvalue weighted by atomic mass is 16.7. The van der Waals surface area contributed by atoms with Crippen molar-refractivity contribution in [3.05, 3.63) is 167 Å². The van der Waals surface area contributed by atoms with Crippen molar-refractivity contribution in [2.24, 2.45) is 5.92 Å². The molecule has 1 unspecified atom stereocenters. The molecular formula is C48H51N3O8. The average molecular weight is 798 g/mol. The maximum Gasteiger partial charge on any atom is 0.408 e. The van der Waals surface area contributed by atoms with E-state index in [0.717, 1.165) is 44.5 Å². The molecule has 3 amide bonds. The van der Waals surface area contributed by atoms with Crippen LogP contribution >= 0.6 is 0 Å². The lowest BCUT2D eigenvalue weighted by Crippen LogP contribution is -2.46. The summed E-state index contributed by atoms with van der Waals surface area (Å²) in [6.45, 7) is 4.71. The monoisotopic (exact) mass is 797 g/mol. The number of carbonyl (C=O) groups is 3. The number of ether oxygens (including phenoxy) is 3. The smallest absolute Gasteiger partial charge is 0.408 e. The molecule has 11 heteroatoms. The summed E-state index contributed by atoms with van der Waals surface area (Å²) in [5, 5.41) is 23.5. The number of nitrogens with one attached hydrogen (secondary N) is 1. The number of benzene rings is 5. The van der Waals surface area contributed by atoms with Gasteiger partial charge in [0.2, 0.25) is 5.91 Å². The summed E-state index contributed by atoms with van der Waals surface area (Å²) in [4.78, 5) is 42.3. The van der Waals surface area contributed by atoms with Crippen molar-refractivity contribution in [2.75, 3.05) is 13.6 Å². The van der Waals surface area contributed by atoms with Crippen LogP contribution in [0.4, 0.5) is 4.79 Å². The number of likely N-dealkylation sites (N-methyl/N-ethyl adjacent to an activating group) is 1. The zero-order chi connectivity index (χ0) is 41.5. The van der Waals surface area contributed by atoms with Crippen LogP contribution in [-0.2, 0) is 43.6 Å². The van der Waals surface area contributed by atoms with E-state index >= 15 is 0 Å². The summed E-state index contributed by atoms with van der Waals surface area (Å²) in [6, 6.07) is 40.9. The van der Waals surface area contributed by atoms with Gasteiger partial charge in [0.05, 0.1) is 37.9 Å². The Kier molecular flexibility index (Phi) is 13.3. The van der Waals surface area contributed by atoms with Crippen molar-refractivity contribution in [2.45, 2.75) is 76.7 Å². The highest BCUT2D eigenvalue weighted by molar-refractivity contribution is 6.06. The van der Waals surface area contributed by atoms with Crippen molar-refractivity contribution >= 4 is 17.9 Å². The molecular weight excluding hydrogens is 747 g/mol. The van der Waals surface area contributed by atoms with Crippen molar-refractivity contribution < 1.29 is 38.8 Å². The number of amides is 3. The lowest BCUT2D eigenvalue weighted by Gasteiger charge is -2.43. The Morgan fingerprint density at radius 1 is 0.847 bits per heavy atom. The van der Waals surface area contributed by atoms with Crippen LogP contribution in [0.15, 0.2) is 133 Å². The first-order chi connectivity index (χ1) is 28.6. The number of hydrogen-bond acceptors (Lipinski definition) is 9. The zero-order valence-corrected chi connectivity index (χ0v) is 33.5. The number of alkyl carbamates (subject to hydrolysis) is 1. The molecule has 2 heterocycles. The van der Waals surface area contributed by atoms with Crippen LogP contribution in [0.5, 0.6) is 0 Å². The Balaban J connectivity index is 1.05. The summed E-state index contributed by atoms with van der Waals surface area (Å²) in [5.41, 5.74) is 6.77. The number of carbonyl (C=O) groups excluding carboxylic acids is 3. The van der Waals surface area contributed by atoms with Gasteiger partial charge in [-0.1, -0.05) is 140 Å². The van der Waals surface area contributed by atoms with Gasteiger partial charge in [-0.15, -0.1) is 0 Å². The summed E-state index contributed by atoms with van der Waals surface area (Å²) in [7, 11) is 2.00. The molecule has 306 valence electrons. The first kappa shape index (κ1) is 41.5. The predicted octanol–water partition coefficient (Wildman–Crippen LogP) is 7.25. The summed E-state index contributed by atoms with van der Waals surface area (Å²) >= 11 is 0. The second-order valence-electron chi connectivity index (χ2n) is 15.4. The van der Waals surface area contributed by atoms with E-state index < -0.39 is 30.4 Å². The summed E-state index contributed by atoms with van der Waals surface area (Å²) < 4.78 is 18.7. The van der Waals surface area contributed by atoms with Crippen molar-refractivity contribution in [1.29, 1.82) is 0 Å². The topological polar surface area (TPSA) is 138 Å². The van der Waals surface area contributed by atoms with Gasteiger partial charge >= 0.3 is 6.09 Å². The van der Waals surface area contributed by atoms with Gasteiger partial charge in [0, 0.05) is 24.1 Å². The van der Waals surface area contributed by atoms with E-state index in [4.69, 9.17) is 14.2 Å². The molecule has 2 saturated heterocycles. The summed E-state index contributed by atoms with van der Waals surface area (Å²) in [5.74, 6) is -0.909. The fourth-order valence-electron chi connectivity index (χ4n) is 7.75. The third kappa shape index (κ3) is 9.79. The van der Waals surface area contributed by atoms with Gasteiger partial charge in [-0.05, 0) is 52.9 Å². The minimum atomic E-state index is -1.01. The zero-order valence-electron chi connectivity index (χ0n) is 33.5. The van der Waals surface area contributed by atoms with Gasteiger partial charge in [0.25, 0.3) is 5.91 Å². The SMILES string of the molecule is C[C@@H]1[C@H](CN(C)[C@H](C)[C@@H](O)c2ccccc2)O[C@H](c2ccc(-c3ccccc3CN3C(=O)CC(NC(=O)OCc4ccccc4)C3=O)cc2)O[C@@H]1c1ccc(CO)cc1. The molecule has 11 nitrogen and oxygen atoms in total. The van der Waals surface area contributed by atoms with E-state index in [-0.39, 0.29) is 56.3 Å². The molecule has 2 aliphatic rings. The Hall–Kier alpha value is -5.69. The molecule has 3 N–H and O–H groups in total. The normalized spacial score (nSPS) is 21.7. The number of imide groups is 1. The van der Waals surface area contributed by atoms with Crippen LogP contribution in [0.3, 0.4) is 0 Å². The number of nitrogens with zero attached hydrogens (tertiary/aromatic N) is 2. The first-order valence-corrected chi connectivity index (χ1v) is 20.0. The third-order valence-electron chi connectivity index (χ3n) is 11.5. The fraction of sp³-hybridized carbons (Fsp3) is 0.312. The number of hydrogen-bond donors (Lipinski definition) is 3.